The van der Waals surface area contributed by atoms with Crippen molar-refractivity contribution in [2.45, 2.75) is 12.7 Å². The van der Waals surface area contributed by atoms with Crippen LogP contribution in [-0.2, 0) is 19.8 Å². The van der Waals surface area contributed by atoms with Crippen LogP contribution in [0.5, 0.6) is 0 Å². The second-order valence-electron chi connectivity index (χ2n) is 6.22. The maximum absolute atomic E-state index is 14.2. The van der Waals surface area contributed by atoms with Gasteiger partial charge in [-0.15, -0.1) is 5.10 Å². The van der Waals surface area contributed by atoms with Crippen molar-refractivity contribution < 1.29 is 17.6 Å². The quantitative estimate of drug-likeness (QED) is 0.508. The van der Waals surface area contributed by atoms with Gasteiger partial charge in [-0.2, -0.15) is 27.8 Å². The van der Waals surface area contributed by atoms with Crippen molar-refractivity contribution in [2.24, 2.45) is 7.05 Å². The number of nitrogens with zero attached hydrogens (tertiary/aromatic N) is 5. The van der Waals surface area contributed by atoms with Crippen molar-refractivity contribution in [2.75, 3.05) is 5.32 Å². The first-order valence-electron chi connectivity index (χ1n) is 8.30. The van der Waals surface area contributed by atoms with Crippen LogP contribution in [-0.4, -0.2) is 29.4 Å². The molecular formula is C17H13F4N7O. The molecule has 29 heavy (non-hydrogen) atoms. The number of fused-ring (bicyclic) bond motifs is 1. The molecule has 4 aromatic rings. The molecule has 0 aliphatic rings. The van der Waals surface area contributed by atoms with Gasteiger partial charge in [0.2, 0.25) is 11.7 Å². The number of aromatic amines is 1. The number of hydrogen-bond acceptors (Lipinski definition) is 5. The molecule has 0 radical (unpaired) electrons. The van der Waals surface area contributed by atoms with Gasteiger partial charge in [0.25, 0.3) is 5.56 Å². The van der Waals surface area contributed by atoms with Crippen molar-refractivity contribution >= 4 is 11.7 Å². The van der Waals surface area contributed by atoms with E-state index in [4.69, 9.17) is 0 Å². The number of nitrogens with one attached hydrogen (secondary N) is 2. The molecule has 0 unspecified atom stereocenters. The van der Waals surface area contributed by atoms with E-state index in [2.05, 4.69) is 20.5 Å². The van der Waals surface area contributed by atoms with Crippen LogP contribution in [0.2, 0.25) is 0 Å². The van der Waals surface area contributed by atoms with Crippen LogP contribution in [0, 0.1) is 5.82 Å². The predicted molar refractivity (Wildman–Crippen MR) is 94.5 cm³/mol. The van der Waals surface area contributed by atoms with Gasteiger partial charge in [0.05, 0.1) is 5.69 Å². The molecule has 8 nitrogen and oxygen atoms in total. The van der Waals surface area contributed by atoms with Gasteiger partial charge in [-0.1, -0.05) is 0 Å². The standard InChI is InChI=1S/C17H13F4N7O/c1-27-5-4-12(25-27)9-2-3-11(18)10(6-9)8-22-15-24-16-23-13(17(19,20)21)7-14(29)28(16)26-15/h2-7H,8H2,1H3,(H2,22,23,24,26). The minimum Gasteiger partial charge on any atom is -0.349 e. The van der Waals surface area contributed by atoms with E-state index < -0.39 is 23.2 Å². The molecule has 0 amide bonds. The van der Waals surface area contributed by atoms with Gasteiger partial charge in [0, 0.05) is 37.0 Å². The number of aromatic nitrogens is 6. The number of alkyl halides is 3. The van der Waals surface area contributed by atoms with Gasteiger partial charge in [-0.25, -0.2) is 4.39 Å². The van der Waals surface area contributed by atoms with Crippen molar-refractivity contribution in [1.29, 1.82) is 0 Å². The van der Waals surface area contributed by atoms with Gasteiger partial charge >= 0.3 is 6.18 Å². The minimum atomic E-state index is -4.73. The van der Waals surface area contributed by atoms with Crippen LogP contribution in [0.3, 0.4) is 0 Å². The summed E-state index contributed by atoms with van der Waals surface area (Å²) in [4.78, 5) is 17.7. The van der Waals surface area contributed by atoms with Crippen LogP contribution in [0.15, 0.2) is 41.3 Å². The molecule has 0 saturated carbocycles. The molecule has 0 spiro atoms. The van der Waals surface area contributed by atoms with Gasteiger partial charge in [0.1, 0.15) is 11.5 Å². The number of hydrogen-bond donors (Lipinski definition) is 2. The number of anilines is 1. The maximum Gasteiger partial charge on any atom is 0.431 e. The Morgan fingerprint density at radius 3 is 2.66 bits per heavy atom. The highest BCUT2D eigenvalue weighted by atomic mass is 19.4. The first-order chi connectivity index (χ1) is 13.7. The number of rotatable bonds is 4. The Hall–Kier alpha value is -3.70. The van der Waals surface area contributed by atoms with Crippen molar-refractivity contribution in [3.8, 4) is 11.3 Å². The van der Waals surface area contributed by atoms with Crippen LogP contribution in [0.1, 0.15) is 11.3 Å². The highest BCUT2D eigenvalue weighted by Gasteiger charge is 2.33. The van der Waals surface area contributed by atoms with Crippen LogP contribution >= 0.6 is 0 Å². The van der Waals surface area contributed by atoms with Gasteiger partial charge in [-0.3, -0.25) is 9.48 Å². The molecule has 4 rings (SSSR count). The average molecular weight is 407 g/mol. The molecule has 3 aromatic heterocycles. The Balaban J connectivity index is 1.60. The zero-order chi connectivity index (χ0) is 20.8. The molecule has 0 aliphatic heterocycles. The molecule has 0 bridgehead atoms. The second-order valence-corrected chi connectivity index (χ2v) is 6.22. The van der Waals surface area contributed by atoms with Gasteiger partial charge in [0.15, 0.2) is 0 Å². The predicted octanol–water partition coefficient (Wildman–Crippen LogP) is 2.59. The van der Waals surface area contributed by atoms with Crippen LogP contribution < -0.4 is 10.9 Å². The third kappa shape index (κ3) is 3.68. The average Bonchev–Trinajstić information content (AvgIpc) is 3.26. The summed E-state index contributed by atoms with van der Waals surface area (Å²) in [5, 5.41) is 10.8. The summed E-state index contributed by atoms with van der Waals surface area (Å²) >= 11 is 0. The maximum atomic E-state index is 14.2. The fourth-order valence-electron chi connectivity index (χ4n) is 2.73. The number of benzene rings is 1. The van der Waals surface area contributed by atoms with Crippen molar-refractivity contribution in [1.82, 2.24) is 29.4 Å². The lowest BCUT2D eigenvalue weighted by molar-refractivity contribution is -0.141. The minimum absolute atomic E-state index is 0.0519. The van der Waals surface area contributed by atoms with E-state index in [0.29, 0.717) is 21.8 Å². The summed E-state index contributed by atoms with van der Waals surface area (Å²) in [7, 11) is 1.76. The normalized spacial score (nSPS) is 11.9. The first-order valence-corrected chi connectivity index (χ1v) is 8.30. The molecule has 150 valence electrons. The van der Waals surface area contributed by atoms with E-state index in [0.717, 1.165) is 0 Å². The summed E-state index contributed by atoms with van der Waals surface area (Å²) in [6, 6.07) is 6.63. The molecule has 0 atom stereocenters. The molecule has 2 N–H and O–H groups in total. The smallest absolute Gasteiger partial charge is 0.349 e. The fourth-order valence-corrected chi connectivity index (χ4v) is 2.73. The number of aryl methyl sites for hydroxylation is 1. The van der Waals surface area contributed by atoms with Gasteiger partial charge in [-0.05, 0) is 24.3 Å². The third-order valence-corrected chi connectivity index (χ3v) is 4.13. The van der Waals surface area contributed by atoms with Crippen LogP contribution in [0.25, 0.3) is 17.0 Å². The molecule has 3 heterocycles. The van der Waals surface area contributed by atoms with Crippen molar-refractivity contribution in [3.05, 3.63) is 64.0 Å². The Labute approximate surface area is 159 Å². The summed E-state index contributed by atoms with van der Waals surface area (Å²) in [5.74, 6) is -0.994. The SMILES string of the molecule is Cn1ccc(-c2ccc(F)c(CNc3nc4[nH]c(C(F)(F)F)cc(=O)n4n3)c2)n1. The topological polar surface area (TPSA) is 92.9 Å². The molecule has 0 saturated heterocycles. The van der Waals surface area contributed by atoms with E-state index in [-0.39, 0.29) is 23.8 Å². The lowest BCUT2D eigenvalue weighted by Gasteiger charge is -2.06. The van der Waals surface area contributed by atoms with E-state index in [1.165, 1.54) is 6.07 Å². The summed E-state index contributed by atoms with van der Waals surface area (Å²) in [5.41, 5.74) is -0.603. The van der Waals surface area contributed by atoms with Gasteiger partial charge < -0.3 is 10.3 Å². The Kier molecular flexibility index (Phi) is 4.32. The Bertz CT molecular complexity index is 1250. The fraction of sp³-hybridized carbons (Fsp3) is 0.176. The molecule has 0 aliphatic carbocycles. The zero-order valence-corrected chi connectivity index (χ0v) is 14.8. The highest BCUT2D eigenvalue weighted by molar-refractivity contribution is 5.60. The number of H-pyrrole nitrogens is 1. The van der Waals surface area contributed by atoms with E-state index >= 15 is 0 Å². The summed E-state index contributed by atoms with van der Waals surface area (Å²) in [6.07, 6.45) is -2.97. The summed E-state index contributed by atoms with van der Waals surface area (Å²) < 4.78 is 54.9. The third-order valence-electron chi connectivity index (χ3n) is 4.13. The zero-order valence-electron chi connectivity index (χ0n) is 14.8. The monoisotopic (exact) mass is 407 g/mol. The largest absolute Gasteiger partial charge is 0.431 e. The van der Waals surface area contributed by atoms with E-state index in [9.17, 15) is 22.4 Å². The molecule has 12 heteroatoms. The lowest BCUT2D eigenvalue weighted by Crippen LogP contribution is -2.20. The summed E-state index contributed by atoms with van der Waals surface area (Å²) in [6.45, 7) is -0.0519. The van der Waals surface area contributed by atoms with E-state index in [1.807, 2.05) is 4.98 Å². The molecule has 1 aromatic carbocycles. The Morgan fingerprint density at radius 2 is 1.97 bits per heavy atom. The van der Waals surface area contributed by atoms with Crippen LogP contribution in [0.4, 0.5) is 23.5 Å². The second kappa shape index (κ2) is 6.72. The highest BCUT2D eigenvalue weighted by Crippen LogP contribution is 2.26. The van der Waals surface area contributed by atoms with Crippen molar-refractivity contribution in [3.63, 3.8) is 0 Å². The Morgan fingerprint density at radius 1 is 1.17 bits per heavy atom. The number of halogens is 4. The first kappa shape index (κ1) is 18.7. The molecular weight excluding hydrogens is 394 g/mol. The molecule has 0 fully saturated rings. The lowest BCUT2D eigenvalue weighted by atomic mass is 10.1. The van der Waals surface area contributed by atoms with E-state index in [1.54, 1.807) is 36.1 Å².